The van der Waals surface area contributed by atoms with Gasteiger partial charge < -0.3 is 4.74 Å². The quantitative estimate of drug-likeness (QED) is 0.476. The molecule has 1 rings (SSSR count). The van der Waals surface area contributed by atoms with E-state index in [2.05, 4.69) is 9.72 Å². The standard InChI is InChI=1S/C8H7FINO2/c1-2-13-8(12)5-3-7(10)11-4-6(5)9/h3-4H,2H2,1H3. The molecule has 0 spiro atoms. The minimum atomic E-state index is -0.654. The second-order valence-electron chi connectivity index (χ2n) is 2.21. The molecule has 0 bridgehead atoms. The van der Waals surface area contributed by atoms with Crippen molar-refractivity contribution in [3.8, 4) is 0 Å². The summed E-state index contributed by atoms with van der Waals surface area (Å²) in [5.41, 5.74) is -0.0683. The van der Waals surface area contributed by atoms with Gasteiger partial charge in [0.1, 0.15) is 3.70 Å². The fraction of sp³-hybridized carbons (Fsp3) is 0.250. The van der Waals surface area contributed by atoms with E-state index in [0.717, 1.165) is 6.20 Å². The number of carbonyl (C=O) groups excluding carboxylic acids is 1. The Hall–Kier alpha value is -0.720. The van der Waals surface area contributed by atoms with Gasteiger partial charge in [-0.05, 0) is 35.6 Å². The highest BCUT2D eigenvalue weighted by atomic mass is 127. The molecule has 1 aromatic rings. The van der Waals surface area contributed by atoms with E-state index >= 15 is 0 Å². The Labute approximate surface area is 88.4 Å². The lowest BCUT2D eigenvalue weighted by molar-refractivity contribution is 0.0520. The monoisotopic (exact) mass is 295 g/mol. The van der Waals surface area contributed by atoms with E-state index in [-0.39, 0.29) is 12.2 Å². The molecule has 5 heteroatoms. The van der Waals surface area contributed by atoms with Crippen molar-refractivity contribution in [3.63, 3.8) is 0 Å². The molecule has 0 aromatic carbocycles. The van der Waals surface area contributed by atoms with Gasteiger partial charge in [-0.1, -0.05) is 0 Å². The van der Waals surface area contributed by atoms with Crippen molar-refractivity contribution in [2.24, 2.45) is 0 Å². The summed E-state index contributed by atoms with van der Waals surface area (Å²) in [5.74, 6) is -1.31. The number of hydrogen-bond acceptors (Lipinski definition) is 3. The van der Waals surface area contributed by atoms with E-state index in [1.54, 1.807) is 6.92 Å². The molecule has 70 valence electrons. The summed E-state index contributed by atoms with van der Waals surface area (Å²) in [5, 5.41) is 0. The van der Waals surface area contributed by atoms with E-state index in [4.69, 9.17) is 0 Å². The van der Waals surface area contributed by atoms with Crippen molar-refractivity contribution in [2.45, 2.75) is 6.92 Å². The summed E-state index contributed by atoms with van der Waals surface area (Å²) in [7, 11) is 0. The van der Waals surface area contributed by atoms with Crippen LogP contribution in [0.3, 0.4) is 0 Å². The topological polar surface area (TPSA) is 39.2 Å². The first-order chi connectivity index (χ1) is 6.15. The molecule has 0 aliphatic heterocycles. The zero-order valence-corrected chi connectivity index (χ0v) is 9.04. The second-order valence-corrected chi connectivity index (χ2v) is 3.31. The number of aromatic nitrogens is 1. The van der Waals surface area contributed by atoms with Crippen molar-refractivity contribution in [1.29, 1.82) is 0 Å². The highest BCUT2D eigenvalue weighted by molar-refractivity contribution is 14.1. The van der Waals surface area contributed by atoms with Crippen LogP contribution in [0.2, 0.25) is 0 Å². The van der Waals surface area contributed by atoms with Gasteiger partial charge in [0.15, 0.2) is 5.82 Å². The predicted molar refractivity (Wildman–Crippen MR) is 52.9 cm³/mol. The highest BCUT2D eigenvalue weighted by Crippen LogP contribution is 2.10. The minimum absolute atomic E-state index is 0.0683. The van der Waals surface area contributed by atoms with E-state index < -0.39 is 11.8 Å². The molecule has 0 aliphatic rings. The van der Waals surface area contributed by atoms with Gasteiger partial charge in [0.25, 0.3) is 0 Å². The average Bonchev–Trinajstić information content (AvgIpc) is 2.09. The van der Waals surface area contributed by atoms with Crippen molar-refractivity contribution < 1.29 is 13.9 Å². The number of ether oxygens (including phenoxy) is 1. The Morgan fingerprint density at radius 2 is 2.46 bits per heavy atom. The number of esters is 1. The molecular weight excluding hydrogens is 288 g/mol. The molecule has 13 heavy (non-hydrogen) atoms. The van der Waals surface area contributed by atoms with Crippen LogP contribution in [-0.2, 0) is 4.74 Å². The number of pyridine rings is 1. The first kappa shape index (κ1) is 10.4. The summed E-state index contributed by atoms with van der Waals surface area (Å²) in [6, 6.07) is 1.36. The van der Waals surface area contributed by atoms with Crippen LogP contribution in [0.4, 0.5) is 4.39 Å². The van der Waals surface area contributed by atoms with Crippen LogP contribution in [0.15, 0.2) is 12.3 Å². The van der Waals surface area contributed by atoms with Crippen LogP contribution in [0, 0.1) is 9.52 Å². The van der Waals surface area contributed by atoms with Gasteiger partial charge in [0.05, 0.1) is 18.4 Å². The normalized spacial score (nSPS) is 9.77. The maximum absolute atomic E-state index is 13.0. The molecule has 0 N–H and O–H groups in total. The Morgan fingerprint density at radius 1 is 1.77 bits per heavy atom. The minimum Gasteiger partial charge on any atom is -0.462 e. The second kappa shape index (κ2) is 4.50. The molecule has 0 aliphatic carbocycles. The lowest BCUT2D eigenvalue weighted by Crippen LogP contribution is -2.08. The van der Waals surface area contributed by atoms with E-state index in [1.807, 2.05) is 22.6 Å². The van der Waals surface area contributed by atoms with Crippen LogP contribution in [-0.4, -0.2) is 17.6 Å². The third kappa shape index (κ3) is 2.61. The SMILES string of the molecule is CCOC(=O)c1cc(I)ncc1F. The summed E-state index contributed by atoms with van der Waals surface area (Å²) < 4.78 is 18.2. The molecule has 1 aromatic heterocycles. The summed E-state index contributed by atoms with van der Waals surface area (Å²) in [6.07, 6.45) is 1.01. The number of halogens is 2. The van der Waals surface area contributed by atoms with Gasteiger partial charge in [-0.25, -0.2) is 14.2 Å². The van der Waals surface area contributed by atoms with Crippen molar-refractivity contribution >= 4 is 28.6 Å². The van der Waals surface area contributed by atoms with Crippen LogP contribution in [0.5, 0.6) is 0 Å². The first-order valence-corrected chi connectivity index (χ1v) is 4.71. The predicted octanol–water partition coefficient (Wildman–Crippen LogP) is 2.00. The van der Waals surface area contributed by atoms with Crippen molar-refractivity contribution in [1.82, 2.24) is 4.98 Å². The fourth-order valence-corrected chi connectivity index (χ4v) is 1.23. The number of rotatable bonds is 2. The van der Waals surface area contributed by atoms with Crippen molar-refractivity contribution in [2.75, 3.05) is 6.61 Å². The maximum atomic E-state index is 13.0. The molecule has 0 saturated carbocycles. The van der Waals surface area contributed by atoms with Crippen LogP contribution >= 0.6 is 22.6 Å². The van der Waals surface area contributed by atoms with Crippen molar-refractivity contribution in [3.05, 3.63) is 27.3 Å². The van der Waals surface area contributed by atoms with Gasteiger partial charge >= 0.3 is 5.97 Å². The molecule has 0 radical (unpaired) electrons. The van der Waals surface area contributed by atoms with Gasteiger partial charge in [0, 0.05) is 0 Å². The molecule has 0 fully saturated rings. The van der Waals surface area contributed by atoms with Crippen LogP contribution < -0.4 is 0 Å². The van der Waals surface area contributed by atoms with E-state index in [1.165, 1.54) is 6.07 Å². The van der Waals surface area contributed by atoms with Gasteiger partial charge in [0.2, 0.25) is 0 Å². The molecule has 0 amide bonds. The van der Waals surface area contributed by atoms with Crippen LogP contribution in [0.1, 0.15) is 17.3 Å². The Morgan fingerprint density at radius 3 is 3.08 bits per heavy atom. The van der Waals surface area contributed by atoms with Gasteiger partial charge in [-0.2, -0.15) is 0 Å². The molecule has 0 saturated heterocycles. The van der Waals surface area contributed by atoms with Gasteiger partial charge in [-0.3, -0.25) is 0 Å². The molecule has 1 heterocycles. The number of nitrogens with zero attached hydrogens (tertiary/aromatic N) is 1. The summed E-state index contributed by atoms with van der Waals surface area (Å²) >= 11 is 1.90. The third-order valence-corrected chi connectivity index (χ3v) is 1.91. The highest BCUT2D eigenvalue weighted by Gasteiger charge is 2.13. The Bertz CT molecular complexity index is 330. The first-order valence-electron chi connectivity index (χ1n) is 3.63. The molecule has 0 atom stereocenters. The largest absolute Gasteiger partial charge is 0.462 e. The van der Waals surface area contributed by atoms with E-state index in [0.29, 0.717) is 3.70 Å². The number of hydrogen-bond donors (Lipinski definition) is 0. The molecule has 3 nitrogen and oxygen atoms in total. The maximum Gasteiger partial charge on any atom is 0.341 e. The summed E-state index contributed by atoms with van der Waals surface area (Å²) in [4.78, 5) is 14.8. The molecular formula is C8H7FINO2. The number of carbonyl (C=O) groups is 1. The average molecular weight is 295 g/mol. The van der Waals surface area contributed by atoms with E-state index in [9.17, 15) is 9.18 Å². The van der Waals surface area contributed by atoms with Crippen LogP contribution in [0.25, 0.3) is 0 Å². The smallest absolute Gasteiger partial charge is 0.341 e. The summed E-state index contributed by atoms with van der Waals surface area (Å²) in [6.45, 7) is 1.90. The zero-order chi connectivity index (χ0) is 9.84. The fourth-order valence-electron chi connectivity index (χ4n) is 0.778. The lowest BCUT2D eigenvalue weighted by Gasteiger charge is -2.02. The Kier molecular flexibility index (Phi) is 3.58. The lowest BCUT2D eigenvalue weighted by atomic mass is 10.2. The Balaban J connectivity index is 2.99. The molecule has 0 unspecified atom stereocenters. The zero-order valence-electron chi connectivity index (χ0n) is 6.88. The van der Waals surface area contributed by atoms with Gasteiger partial charge in [-0.15, -0.1) is 0 Å². The third-order valence-electron chi connectivity index (χ3n) is 1.32.